The fourth-order valence-electron chi connectivity index (χ4n) is 4.93. The molecule has 0 aliphatic carbocycles. The molecule has 0 atom stereocenters. The molecule has 0 aromatic carbocycles. The Bertz CT molecular complexity index is 1450. The lowest BCUT2D eigenvalue weighted by Gasteiger charge is -2.33. The molecule has 4 aromatic heterocycles. The van der Waals surface area contributed by atoms with Crippen LogP contribution < -0.4 is 4.74 Å². The van der Waals surface area contributed by atoms with Crippen molar-refractivity contribution >= 4 is 22.8 Å². The molecule has 5 heterocycles. The number of piperidine rings is 1. The molecule has 1 aliphatic heterocycles. The maximum Gasteiger partial charge on any atom is 0.410 e. The first-order chi connectivity index (χ1) is 17.1. The van der Waals surface area contributed by atoms with Crippen molar-refractivity contribution < 1.29 is 14.3 Å². The van der Waals surface area contributed by atoms with Gasteiger partial charge in [-0.1, -0.05) is 0 Å². The number of aromatic nitrogens is 4. The summed E-state index contributed by atoms with van der Waals surface area (Å²) in [4.78, 5) is 28.6. The Morgan fingerprint density at radius 2 is 1.67 bits per heavy atom. The SMILES string of the molecule is COc1c(-c2ccc3nc(C4CCN(C(=O)OC(C)(C)C)CC4)ccc3n2)cn2cc(C)nc2c1C. The van der Waals surface area contributed by atoms with Gasteiger partial charge in [-0.25, -0.2) is 14.8 Å². The molecule has 0 bridgehead atoms. The van der Waals surface area contributed by atoms with E-state index in [2.05, 4.69) is 11.1 Å². The van der Waals surface area contributed by atoms with E-state index in [1.807, 2.05) is 69.6 Å². The summed E-state index contributed by atoms with van der Waals surface area (Å²) in [5.41, 5.74) is 6.84. The van der Waals surface area contributed by atoms with E-state index in [-0.39, 0.29) is 6.09 Å². The molecule has 8 heteroatoms. The number of fused-ring (bicyclic) bond motifs is 2. The van der Waals surface area contributed by atoms with Gasteiger partial charge in [-0.2, -0.15) is 0 Å². The molecule has 8 nitrogen and oxygen atoms in total. The number of imidazole rings is 1. The zero-order valence-electron chi connectivity index (χ0n) is 21.8. The highest BCUT2D eigenvalue weighted by atomic mass is 16.6. The van der Waals surface area contributed by atoms with Gasteiger partial charge in [0.2, 0.25) is 0 Å². The number of carbonyl (C=O) groups excluding carboxylic acids is 1. The van der Waals surface area contributed by atoms with E-state index in [9.17, 15) is 4.79 Å². The maximum atomic E-state index is 12.4. The molecule has 0 spiro atoms. The molecule has 4 aromatic rings. The summed E-state index contributed by atoms with van der Waals surface area (Å²) in [6.45, 7) is 11.0. The highest BCUT2D eigenvalue weighted by molar-refractivity contribution is 5.81. The predicted octanol–water partition coefficient (Wildman–Crippen LogP) is 5.68. The summed E-state index contributed by atoms with van der Waals surface area (Å²) >= 11 is 0. The molecule has 36 heavy (non-hydrogen) atoms. The lowest BCUT2D eigenvalue weighted by Crippen LogP contribution is -2.41. The second-order valence-corrected chi connectivity index (χ2v) is 10.5. The third kappa shape index (κ3) is 4.59. The zero-order chi connectivity index (χ0) is 25.6. The average molecular weight is 488 g/mol. The smallest absolute Gasteiger partial charge is 0.410 e. The molecular formula is C28H33N5O3. The predicted molar refractivity (Wildman–Crippen MR) is 140 cm³/mol. The molecule has 0 saturated carbocycles. The van der Waals surface area contributed by atoms with Crippen LogP contribution in [0.5, 0.6) is 5.75 Å². The lowest BCUT2D eigenvalue weighted by molar-refractivity contribution is 0.0204. The second-order valence-electron chi connectivity index (χ2n) is 10.5. The number of likely N-dealkylation sites (tertiary alicyclic amines) is 1. The highest BCUT2D eigenvalue weighted by Crippen LogP contribution is 2.35. The van der Waals surface area contributed by atoms with Gasteiger partial charge in [0.05, 0.1) is 35.1 Å². The van der Waals surface area contributed by atoms with Crippen LogP contribution in [0.1, 0.15) is 56.5 Å². The monoisotopic (exact) mass is 487 g/mol. The molecule has 0 unspecified atom stereocenters. The van der Waals surface area contributed by atoms with Crippen molar-refractivity contribution in [2.75, 3.05) is 20.2 Å². The average Bonchev–Trinajstić information content (AvgIpc) is 3.23. The summed E-state index contributed by atoms with van der Waals surface area (Å²) in [5, 5.41) is 0. The quantitative estimate of drug-likeness (QED) is 0.370. The molecular weight excluding hydrogens is 454 g/mol. The third-order valence-corrected chi connectivity index (χ3v) is 6.65. The van der Waals surface area contributed by atoms with Crippen molar-refractivity contribution in [3.05, 3.63) is 53.6 Å². The molecule has 1 saturated heterocycles. The van der Waals surface area contributed by atoms with Gasteiger partial charge in [0, 0.05) is 42.7 Å². The van der Waals surface area contributed by atoms with Crippen LogP contribution in [0.15, 0.2) is 36.7 Å². The molecule has 5 rings (SSSR count). The van der Waals surface area contributed by atoms with Crippen LogP contribution >= 0.6 is 0 Å². The molecule has 1 aliphatic rings. The van der Waals surface area contributed by atoms with Gasteiger partial charge >= 0.3 is 6.09 Å². The molecule has 0 N–H and O–H groups in total. The topological polar surface area (TPSA) is 81.8 Å². The largest absolute Gasteiger partial charge is 0.496 e. The summed E-state index contributed by atoms with van der Waals surface area (Å²) in [7, 11) is 1.68. The van der Waals surface area contributed by atoms with Gasteiger partial charge in [0.1, 0.15) is 17.0 Å². The van der Waals surface area contributed by atoms with Crippen LogP contribution in [-0.2, 0) is 4.74 Å². The van der Waals surface area contributed by atoms with E-state index in [1.54, 1.807) is 12.0 Å². The Labute approximate surface area is 211 Å². The van der Waals surface area contributed by atoms with Gasteiger partial charge in [-0.15, -0.1) is 0 Å². The third-order valence-electron chi connectivity index (χ3n) is 6.65. The normalized spacial score (nSPS) is 15.0. The van der Waals surface area contributed by atoms with E-state index in [0.29, 0.717) is 19.0 Å². The van der Waals surface area contributed by atoms with Gasteiger partial charge in [-0.3, -0.25) is 4.98 Å². The van der Waals surface area contributed by atoms with Crippen LogP contribution in [0.4, 0.5) is 4.79 Å². The van der Waals surface area contributed by atoms with Gasteiger partial charge in [-0.05, 0) is 71.7 Å². The van der Waals surface area contributed by atoms with E-state index in [4.69, 9.17) is 19.4 Å². The van der Waals surface area contributed by atoms with E-state index >= 15 is 0 Å². The minimum atomic E-state index is -0.480. The number of ether oxygens (including phenoxy) is 2. The summed E-state index contributed by atoms with van der Waals surface area (Å²) < 4.78 is 13.3. The Balaban J connectivity index is 1.38. The fraction of sp³-hybridized carbons (Fsp3) is 0.429. The van der Waals surface area contributed by atoms with Crippen molar-refractivity contribution in [2.24, 2.45) is 0 Å². The first-order valence-electron chi connectivity index (χ1n) is 12.4. The number of hydrogen-bond acceptors (Lipinski definition) is 6. The number of rotatable bonds is 3. The summed E-state index contributed by atoms with van der Waals surface area (Å²) in [5.74, 6) is 1.09. The van der Waals surface area contributed by atoms with Gasteiger partial charge < -0.3 is 18.8 Å². The fourth-order valence-corrected chi connectivity index (χ4v) is 4.93. The second kappa shape index (κ2) is 9.08. The van der Waals surface area contributed by atoms with Crippen LogP contribution in [-0.4, -0.2) is 56.1 Å². The summed E-state index contributed by atoms with van der Waals surface area (Å²) in [6.07, 6.45) is 5.52. The number of nitrogens with zero attached hydrogens (tertiary/aromatic N) is 5. The van der Waals surface area contributed by atoms with Crippen molar-refractivity contribution in [1.82, 2.24) is 24.3 Å². The number of pyridine rings is 3. The van der Waals surface area contributed by atoms with Crippen molar-refractivity contribution in [2.45, 2.75) is 59.0 Å². The Kier molecular flexibility index (Phi) is 6.06. The first kappa shape index (κ1) is 24.0. The maximum absolute atomic E-state index is 12.4. The minimum Gasteiger partial charge on any atom is -0.496 e. The van der Waals surface area contributed by atoms with E-state index in [1.165, 1.54) is 0 Å². The number of methoxy groups -OCH3 is 1. The van der Waals surface area contributed by atoms with Crippen LogP contribution in [0, 0.1) is 13.8 Å². The number of carbonyl (C=O) groups is 1. The van der Waals surface area contributed by atoms with Gasteiger partial charge in [0.25, 0.3) is 0 Å². The molecule has 1 fully saturated rings. The first-order valence-corrected chi connectivity index (χ1v) is 12.4. The number of amides is 1. The van der Waals surface area contributed by atoms with Crippen molar-refractivity contribution in [3.8, 4) is 17.0 Å². The minimum absolute atomic E-state index is 0.237. The zero-order valence-corrected chi connectivity index (χ0v) is 21.8. The standard InChI is InChI=1S/C28H33N5O3/c1-17-15-33-16-20(25(35-6)18(2)26(33)29-17)22-8-10-23-24(31-22)9-7-21(30-23)19-11-13-32(14-12-19)27(34)36-28(3,4)5/h7-10,15-16,19H,11-14H2,1-6H3. The number of hydrogen-bond donors (Lipinski definition) is 0. The van der Waals surface area contributed by atoms with Crippen LogP contribution in [0.2, 0.25) is 0 Å². The van der Waals surface area contributed by atoms with Crippen molar-refractivity contribution in [3.63, 3.8) is 0 Å². The van der Waals surface area contributed by atoms with Gasteiger partial charge in [0.15, 0.2) is 0 Å². The lowest BCUT2D eigenvalue weighted by atomic mass is 9.93. The van der Waals surface area contributed by atoms with E-state index in [0.717, 1.165) is 63.5 Å². The van der Waals surface area contributed by atoms with Crippen LogP contribution in [0.25, 0.3) is 27.9 Å². The van der Waals surface area contributed by atoms with Crippen LogP contribution in [0.3, 0.4) is 0 Å². The molecule has 188 valence electrons. The number of aryl methyl sites for hydroxylation is 2. The molecule has 1 amide bonds. The van der Waals surface area contributed by atoms with Crippen molar-refractivity contribution in [1.29, 1.82) is 0 Å². The Hall–Kier alpha value is -3.68. The molecule has 0 radical (unpaired) electrons. The summed E-state index contributed by atoms with van der Waals surface area (Å²) in [6, 6.07) is 8.13. The highest BCUT2D eigenvalue weighted by Gasteiger charge is 2.28. The Morgan fingerprint density at radius 3 is 2.36 bits per heavy atom. The van der Waals surface area contributed by atoms with E-state index < -0.39 is 5.60 Å². The Morgan fingerprint density at radius 1 is 0.972 bits per heavy atom.